The summed E-state index contributed by atoms with van der Waals surface area (Å²) in [4.78, 5) is -0.239. The van der Waals surface area contributed by atoms with Crippen LogP contribution in [0.2, 0.25) is 0 Å². The van der Waals surface area contributed by atoms with E-state index in [1.54, 1.807) is 0 Å². The molecule has 1 N–H and O–H groups in total. The Labute approximate surface area is 159 Å². The minimum absolute atomic E-state index is 0.0208. The molecule has 1 aliphatic carbocycles. The van der Waals surface area contributed by atoms with Gasteiger partial charge in [-0.15, -0.1) is 0 Å². The Balaban J connectivity index is 2.09. The molecule has 1 aliphatic rings. The lowest BCUT2D eigenvalue weighted by Crippen LogP contribution is -2.39. The van der Waals surface area contributed by atoms with Crippen LogP contribution in [0.5, 0.6) is 0 Å². The molecule has 2 aromatic carbocycles. The van der Waals surface area contributed by atoms with Crippen molar-refractivity contribution in [2.75, 3.05) is 0 Å². The first-order valence-electron chi connectivity index (χ1n) is 8.78. The fourth-order valence-electron chi connectivity index (χ4n) is 2.95. The number of rotatable bonds is 6. The van der Waals surface area contributed by atoms with E-state index < -0.39 is 25.7 Å². The molecule has 1 saturated carbocycles. The third kappa shape index (κ3) is 4.07. The first-order valence-corrected chi connectivity index (χ1v) is 11.7. The van der Waals surface area contributed by atoms with Crippen molar-refractivity contribution in [3.63, 3.8) is 0 Å². The number of nitrogens with one attached hydrogen (secondary N) is 1. The summed E-state index contributed by atoms with van der Waals surface area (Å²) in [5, 5.41) is 0. The molecule has 0 saturated heterocycles. The van der Waals surface area contributed by atoms with Crippen LogP contribution in [0.15, 0.2) is 57.2 Å². The summed E-state index contributed by atoms with van der Waals surface area (Å²) in [5.41, 5.74) is 0.555. The van der Waals surface area contributed by atoms with E-state index in [9.17, 15) is 21.2 Å². The SMILES string of the molecule is CC(C)c1ccc(S(=O)(=O)c2ccc(F)cc2)cc1S(=O)(=O)NC1CCC1. The molecule has 8 heteroatoms. The first-order chi connectivity index (χ1) is 12.6. The molecule has 0 aromatic heterocycles. The Morgan fingerprint density at radius 3 is 2.07 bits per heavy atom. The van der Waals surface area contributed by atoms with E-state index in [1.165, 1.54) is 30.3 Å². The minimum atomic E-state index is -3.96. The molecule has 0 aliphatic heterocycles. The molecule has 0 amide bonds. The number of hydrogen-bond acceptors (Lipinski definition) is 4. The zero-order chi connectivity index (χ0) is 19.8. The number of benzene rings is 2. The van der Waals surface area contributed by atoms with Crippen molar-refractivity contribution >= 4 is 19.9 Å². The molecule has 27 heavy (non-hydrogen) atoms. The normalized spacial score (nSPS) is 15.7. The van der Waals surface area contributed by atoms with E-state index in [2.05, 4.69) is 4.72 Å². The number of hydrogen-bond donors (Lipinski definition) is 1. The van der Waals surface area contributed by atoms with Crippen molar-refractivity contribution in [1.29, 1.82) is 0 Å². The third-order valence-electron chi connectivity index (χ3n) is 4.76. The lowest BCUT2D eigenvalue weighted by atomic mass is 9.94. The lowest BCUT2D eigenvalue weighted by Gasteiger charge is -2.27. The zero-order valence-corrected chi connectivity index (χ0v) is 16.8. The fourth-order valence-corrected chi connectivity index (χ4v) is 6.01. The summed E-state index contributed by atoms with van der Waals surface area (Å²) in [6.07, 6.45) is 2.54. The van der Waals surface area contributed by atoms with Crippen LogP contribution in [0.3, 0.4) is 0 Å². The van der Waals surface area contributed by atoms with Crippen molar-refractivity contribution in [2.45, 2.75) is 59.8 Å². The van der Waals surface area contributed by atoms with Crippen LogP contribution in [0.25, 0.3) is 0 Å². The molecule has 0 bridgehead atoms. The second kappa shape index (κ2) is 7.33. The minimum Gasteiger partial charge on any atom is -0.219 e. The van der Waals surface area contributed by atoms with Crippen molar-refractivity contribution in [2.24, 2.45) is 0 Å². The maximum Gasteiger partial charge on any atom is 0.241 e. The number of sulfonamides is 1. The molecule has 3 rings (SSSR count). The first kappa shape index (κ1) is 20.0. The maximum absolute atomic E-state index is 13.1. The fraction of sp³-hybridized carbons (Fsp3) is 0.368. The van der Waals surface area contributed by atoms with Crippen LogP contribution in [-0.2, 0) is 19.9 Å². The van der Waals surface area contributed by atoms with Gasteiger partial charge in [-0.1, -0.05) is 26.3 Å². The highest BCUT2D eigenvalue weighted by molar-refractivity contribution is 7.91. The monoisotopic (exact) mass is 411 g/mol. The van der Waals surface area contributed by atoms with E-state index >= 15 is 0 Å². The van der Waals surface area contributed by atoms with Crippen LogP contribution in [0.1, 0.15) is 44.6 Å². The van der Waals surface area contributed by atoms with Gasteiger partial charge in [0.1, 0.15) is 5.82 Å². The summed E-state index contributed by atoms with van der Waals surface area (Å²) < 4.78 is 67.2. The molecule has 5 nitrogen and oxygen atoms in total. The summed E-state index contributed by atoms with van der Waals surface area (Å²) in [5.74, 6) is -0.641. The van der Waals surface area contributed by atoms with Crippen LogP contribution >= 0.6 is 0 Å². The smallest absolute Gasteiger partial charge is 0.219 e. The van der Waals surface area contributed by atoms with Gasteiger partial charge in [0.05, 0.1) is 14.7 Å². The van der Waals surface area contributed by atoms with E-state index in [-0.39, 0.29) is 26.6 Å². The van der Waals surface area contributed by atoms with E-state index in [0.717, 1.165) is 31.4 Å². The zero-order valence-electron chi connectivity index (χ0n) is 15.1. The molecule has 0 heterocycles. The van der Waals surface area contributed by atoms with Gasteiger partial charge in [0.15, 0.2) is 0 Å². The van der Waals surface area contributed by atoms with Crippen LogP contribution < -0.4 is 4.72 Å². The molecule has 0 spiro atoms. The highest BCUT2D eigenvalue weighted by atomic mass is 32.2. The molecular formula is C19H22FNO4S2. The van der Waals surface area contributed by atoms with Crippen molar-refractivity contribution in [3.8, 4) is 0 Å². The van der Waals surface area contributed by atoms with Crippen LogP contribution in [0.4, 0.5) is 4.39 Å². The quantitative estimate of drug-likeness (QED) is 0.737. The van der Waals surface area contributed by atoms with E-state index in [1.807, 2.05) is 13.8 Å². The standard InChI is InChI=1S/C19H22FNO4S2/c1-13(2)18-11-10-17(26(22,23)16-8-6-14(20)7-9-16)12-19(18)27(24,25)21-15-4-3-5-15/h6-13,15,21H,3-5H2,1-2H3. The summed E-state index contributed by atoms with van der Waals surface area (Å²) in [7, 11) is -7.80. The Hall–Kier alpha value is -1.77. The van der Waals surface area contributed by atoms with Gasteiger partial charge in [-0.05, 0) is 60.7 Å². The van der Waals surface area contributed by atoms with Gasteiger partial charge in [0.25, 0.3) is 0 Å². The molecule has 0 radical (unpaired) electrons. The van der Waals surface area contributed by atoms with Crippen LogP contribution in [-0.4, -0.2) is 22.9 Å². The second-order valence-electron chi connectivity index (χ2n) is 7.06. The molecule has 1 fully saturated rings. The largest absolute Gasteiger partial charge is 0.241 e. The Kier molecular flexibility index (Phi) is 5.42. The van der Waals surface area contributed by atoms with Gasteiger partial charge >= 0.3 is 0 Å². The molecule has 2 aromatic rings. The number of halogens is 1. The lowest BCUT2D eigenvalue weighted by molar-refractivity contribution is 0.383. The van der Waals surface area contributed by atoms with Gasteiger partial charge in [-0.2, -0.15) is 0 Å². The predicted octanol–water partition coefficient (Wildman–Crippen LogP) is 3.61. The van der Waals surface area contributed by atoms with Crippen molar-refractivity contribution in [1.82, 2.24) is 4.72 Å². The highest BCUT2D eigenvalue weighted by Crippen LogP contribution is 2.30. The Morgan fingerprint density at radius 1 is 0.963 bits per heavy atom. The molecule has 0 unspecified atom stereocenters. The van der Waals surface area contributed by atoms with Gasteiger partial charge < -0.3 is 0 Å². The van der Waals surface area contributed by atoms with Crippen molar-refractivity contribution < 1.29 is 21.2 Å². The van der Waals surface area contributed by atoms with E-state index in [4.69, 9.17) is 0 Å². The van der Waals surface area contributed by atoms with Gasteiger partial charge in [0, 0.05) is 6.04 Å². The average Bonchev–Trinajstić information content (AvgIpc) is 2.58. The number of sulfone groups is 1. The topological polar surface area (TPSA) is 80.3 Å². The third-order valence-corrected chi connectivity index (χ3v) is 8.10. The van der Waals surface area contributed by atoms with Gasteiger partial charge in [-0.3, -0.25) is 0 Å². The molecule has 0 atom stereocenters. The highest BCUT2D eigenvalue weighted by Gasteiger charge is 2.29. The summed E-state index contributed by atoms with van der Waals surface area (Å²) >= 11 is 0. The summed E-state index contributed by atoms with van der Waals surface area (Å²) in [6.45, 7) is 3.71. The van der Waals surface area contributed by atoms with Crippen molar-refractivity contribution in [3.05, 3.63) is 53.8 Å². The average molecular weight is 412 g/mol. The molecular weight excluding hydrogens is 389 g/mol. The Bertz CT molecular complexity index is 1040. The van der Waals surface area contributed by atoms with Crippen LogP contribution in [0, 0.1) is 5.82 Å². The van der Waals surface area contributed by atoms with Gasteiger partial charge in [0.2, 0.25) is 19.9 Å². The molecule has 146 valence electrons. The predicted molar refractivity (Wildman–Crippen MR) is 100 cm³/mol. The maximum atomic E-state index is 13.1. The van der Waals surface area contributed by atoms with E-state index in [0.29, 0.717) is 5.56 Å². The van der Waals surface area contributed by atoms with Gasteiger partial charge in [-0.25, -0.2) is 25.9 Å². The second-order valence-corrected chi connectivity index (χ2v) is 10.7. The summed E-state index contributed by atoms with van der Waals surface area (Å²) in [6, 6.07) is 8.49. The Morgan fingerprint density at radius 2 is 1.56 bits per heavy atom.